The number of urea groups is 1. The van der Waals surface area contributed by atoms with Crippen molar-refractivity contribution in [1.82, 2.24) is 9.62 Å². The van der Waals surface area contributed by atoms with Crippen molar-refractivity contribution in [2.24, 2.45) is 0 Å². The normalized spacial score (nSPS) is 15.9. The number of carbonyl (C=O) groups excluding carboxylic acids is 1. The van der Waals surface area contributed by atoms with Crippen LogP contribution in [-0.4, -0.2) is 43.7 Å². The Kier molecular flexibility index (Phi) is 5.86. The largest absolute Gasteiger partial charge is 0.464 e. The predicted octanol–water partition coefficient (Wildman–Crippen LogP) is 3.27. The first-order valence-electron chi connectivity index (χ1n) is 9.06. The second-order valence-corrected chi connectivity index (χ2v) is 9.23. The highest BCUT2D eigenvalue weighted by Crippen LogP contribution is 2.22. The highest BCUT2D eigenvalue weighted by atomic mass is 32.2. The molecule has 1 aromatic heterocycles. The molecule has 8 heteroatoms. The van der Waals surface area contributed by atoms with E-state index in [1.54, 1.807) is 25.0 Å². The van der Waals surface area contributed by atoms with E-state index in [0.29, 0.717) is 31.6 Å². The highest BCUT2D eigenvalue weighted by molar-refractivity contribution is 7.90. The van der Waals surface area contributed by atoms with Crippen LogP contribution < -0.4 is 10.0 Å². The average molecular weight is 391 g/mol. The van der Waals surface area contributed by atoms with Gasteiger partial charge in [-0.2, -0.15) is 0 Å². The summed E-state index contributed by atoms with van der Waals surface area (Å²) in [6.45, 7) is 4.34. The van der Waals surface area contributed by atoms with Crippen molar-refractivity contribution in [3.63, 3.8) is 0 Å². The molecule has 7 nitrogen and oxygen atoms in total. The van der Waals surface area contributed by atoms with Crippen LogP contribution in [0, 0.1) is 0 Å². The molecule has 2 heterocycles. The average Bonchev–Trinajstić information content (AvgIpc) is 3.17. The van der Waals surface area contributed by atoms with Gasteiger partial charge in [-0.3, -0.25) is 0 Å². The van der Waals surface area contributed by atoms with E-state index in [1.165, 1.54) is 0 Å². The van der Waals surface area contributed by atoms with Gasteiger partial charge in [0.2, 0.25) is 10.0 Å². The minimum atomic E-state index is -3.28. The van der Waals surface area contributed by atoms with Crippen molar-refractivity contribution in [2.45, 2.75) is 38.0 Å². The van der Waals surface area contributed by atoms with E-state index in [4.69, 9.17) is 4.42 Å². The van der Waals surface area contributed by atoms with E-state index < -0.39 is 15.3 Å². The molecule has 0 saturated carbocycles. The summed E-state index contributed by atoms with van der Waals surface area (Å²) in [6.07, 6.45) is 2.84. The van der Waals surface area contributed by atoms with Crippen molar-refractivity contribution in [3.8, 4) is 11.3 Å². The van der Waals surface area contributed by atoms with Crippen molar-refractivity contribution < 1.29 is 17.6 Å². The zero-order valence-corrected chi connectivity index (χ0v) is 16.3. The van der Waals surface area contributed by atoms with E-state index in [-0.39, 0.29) is 12.1 Å². The maximum Gasteiger partial charge on any atom is 0.321 e. The van der Waals surface area contributed by atoms with Gasteiger partial charge in [-0.1, -0.05) is 0 Å². The maximum atomic E-state index is 12.4. The molecule has 27 heavy (non-hydrogen) atoms. The zero-order chi connectivity index (χ0) is 19.4. The number of benzene rings is 1. The maximum absolute atomic E-state index is 12.4. The predicted molar refractivity (Wildman–Crippen MR) is 105 cm³/mol. The molecule has 1 aliphatic heterocycles. The molecule has 1 aromatic carbocycles. The number of rotatable bonds is 5. The molecule has 0 spiro atoms. The Labute approximate surface area is 159 Å². The van der Waals surface area contributed by atoms with Crippen LogP contribution in [-0.2, 0) is 10.0 Å². The van der Waals surface area contributed by atoms with Gasteiger partial charge in [0, 0.05) is 30.4 Å². The van der Waals surface area contributed by atoms with Crippen LogP contribution in [0.15, 0.2) is 47.1 Å². The Morgan fingerprint density at radius 3 is 2.37 bits per heavy atom. The molecule has 1 saturated heterocycles. The summed E-state index contributed by atoms with van der Waals surface area (Å²) in [6, 6.07) is 10.9. The second-order valence-electron chi connectivity index (χ2n) is 6.96. The molecular formula is C19H25N3O4S. The number of likely N-dealkylation sites (tertiary alicyclic amines) is 1. The Hall–Kier alpha value is -2.32. The zero-order valence-electron chi connectivity index (χ0n) is 15.5. The lowest BCUT2D eigenvalue weighted by molar-refractivity contribution is 0.193. The van der Waals surface area contributed by atoms with Crippen LogP contribution in [0.2, 0.25) is 0 Å². The molecule has 0 unspecified atom stereocenters. The van der Waals surface area contributed by atoms with E-state index in [0.717, 1.165) is 11.3 Å². The number of anilines is 1. The molecule has 146 valence electrons. The van der Waals surface area contributed by atoms with Crippen LogP contribution in [0.3, 0.4) is 0 Å². The number of furan rings is 1. The third-order valence-electron chi connectivity index (χ3n) is 4.68. The Morgan fingerprint density at radius 1 is 1.15 bits per heavy atom. The van der Waals surface area contributed by atoms with Gasteiger partial charge in [-0.15, -0.1) is 0 Å². The summed E-state index contributed by atoms with van der Waals surface area (Å²) >= 11 is 0. The van der Waals surface area contributed by atoms with Gasteiger partial charge >= 0.3 is 6.03 Å². The summed E-state index contributed by atoms with van der Waals surface area (Å²) in [4.78, 5) is 14.1. The Balaban J connectivity index is 1.51. The van der Waals surface area contributed by atoms with Gasteiger partial charge in [0.15, 0.2) is 0 Å². The first kappa shape index (κ1) is 19.4. The number of piperidine rings is 1. The lowest BCUT2D eigenvalue weighted by Gasteiger charge is -2.32. The Morgan fingerprint density at radius 2 is 1.81 bits per heavy atom. The van der Waals surface area contributed by atoms with Gasteiger partial charge in [0.25, 0.3) is 0 Å². The first-order chi connectivity index (χ1) is 12.8. The number of hydrogen-bond acceptors (Lipinski definition) is 4. The van der Waals surface area contributed by atoms with Gasteiger partial charge in [-0.05, 0) is 63.1 Å². The van der Waals surface area contributed by atoms with E-state index in [1.807, 2.05) is 36.4 Å². The third-order valence-corrected chi connectivity index (χ3v) is 6.58. The molecule has 0 aliphatic carbocycles. The summed E-state index contributed by atoms with van der Waals surface area (Å²) in [5, 5.41) is 2.43. The van der Waals surface area contributed by atoms with Crippen molar-refractivity contribution >= 4 is 21.7 Å². The summed E-state index contributed by atoms with van der Waals surface area (Å²) in [7, 11) is -3.28. The fourth-order valence-electron chi connectivity index (χ4n) is 2.93. The summed E-state index contributed by atoms with van der Waals surface area (Å²) in [5.74, 6) is 0.777. The monoisotopic (exact) mass is 391 g/mol. The Bertz CT molecular complexity index is 853. The fraction of sp³-hybridized carbons (Fsp3) is 0.421. The van der Waals surface area contributed by atoms with Crippen LogP contribution in [0.1, 0.15) is 26.7 Å². The number of carbonyl (C=O) groups is 1. The summed E-state index contributed by atoms with van der Waals surface area (Å²) in [5.41, 5.74) is 1.65. The summed E-state index contributed by atoms with van der Waals surface area (Å²) < 4.78 is 32.0. The minimum absolute atomic E-state index is 0.117. The van der Waals surface area contributed by atoms with E-state index in [9.17, 15) is 13.2 Å². The smallest absolute Gasteiger partial charge is 0.321 e. The number of amides is 2. The molecule has 1 aliphatic rings. The van der Waals surface area contributed by atoms with E-state index in [2.05, 4.69) is 10.0 Å². The molecular weight excluding hydrogens is 366 g/mol. The standard InChI is InChI=1S/C19H25N3O4S/c1-14(2)27(24,25)21-17-9-11-22(12-10-17)19(23)20-16-7-5-15(6-8-16)18-4-3-13-26-18/h3-8,13-14,17,21H,9-12H2,1-2H3,(H,20,23). The SMILES string of the molecule is CC(C)S(=O)(=O)NC1CCN(C(=O)Nc2ccc(-c3ccco3)cc2)CC1. The van der Waals surface area contributed by atoms with Crippen LogP contribution in [0.25, 0.3) is 11.3 Å². The van der Waals surface area contributed by atoms with Gasteiger partial charge in [0.05, 0.1) is 11.5 Å². The van der Waals surface area contributed by atoms with Gasteiger partial charge < -0.3 is 14.6 Å². The second kappa shape index (κ2) is 8.14. The molecule has 0 atom stereocenters. The van der Waals surface area contributed by atoms with Crippen molar-refractivity contribution in [3.05, 3.63) is 42.7 Å². The molecule has 3 rings (SSSR count). The molecule has 2 aromatic rings. The van der Waals surface area contributed by atoms with Crippen LogP contribution in [0.5, 0.6) is 0 Å². The number of hydrogen-bond donors (Lipinski definition) is 2. The van der Waals surface area contributed by atoms with Gasteiger partial charge in [0.1, 0.15) is 5.76 Å². The fourth-order valence-corrected chi connectivity index (χ4v) is 3.90. The van der Waals surface area contributed by atoms with Crippen molar-refractivity contribution in [1.29, 1.82) is 0 Å². The first-order valence-corrected chi connectivity index (χ1v) is 10.6. The number of nitrogens with one attached hydrogen (secondary N) is 2. The number of sulfonamides is 1. The van der Waals surface area contributed by atoms with E-state index >= 15 is 0 Å². The molecule has 1 fully saturated rings. The quantitative estimate of drug-likeness (QED) is 0.818. The lowest BCUT2D eigenvalue weighted by Crippen LogP contribution is -2.48. The number of nitrogens with zero attached hydrogens (tertiary/aromatic N) is 1. The van der Waals surface area contributed by atoms with Crippen LogP contribution >= 0.6 is 0 Å². The minimum Gasteiger partial charge on any atom is -0.464 e. The van der Waals surface area contributed by atoms with Crippen LogP contribution in [0.4, 0.5) is 10.5 Å². The topological polar surface area (TPSA) is 91.7 Å². The molecule has 2 N–H and O–H groups in total. The molecule has 2 amide bonds. The van der Waals surface area contributed by atoms with Crippen molar-refractivity contribution in [2.75, 3.05) is 18.4 Å². The molecule has 0 radical (unpaired) electrons. The third kappa shape index (κ3) is 4.90. The highest BCUT2D eigenvalue weighted by Gasteiger charge is 2.27. The van der Waals surface area contributed by atoms with Gasteiger partial charge in [-0.25, -0.2) is 17.9 Å². The molecule has 0 bridgehead atoms. The lowest BCUT2D eigenvalue weighted by atomic mass is 10.1.